The van der Waals surface area contributed by atoms with Crippen molar-refractivity contribution < 1.29 is 0 Å². The van der Waals surface area contributed by atoms with Crippen LogP contribution in [0.5, 0.6) is 0 Å². The maximum Gasteiger partial charge on any atom is 0.333 e. The molecule has 0 bridgehead atoms. The van der Waals surface area contributed by atoms with Crippen molar-refractivity contribution in [1.82, 2.24) is 19.5 Å². The van der Waals surface area contributed by atoms with Gasteiger partial charge in [0.05, 0.1) is 26.7 Å². The Hall–Kier alpha value is -2.32. The van der Waals surface area contributed by atoms with Crippen molar-refractivity contribution in [3.8, 4) is 5.69 Å². The summed E-state index contributed by atoms with van der Waals surface area (Å²) in [5.41, 5.74) is 1.38. The molecule has 0 aliphatic carbocycles. The molecule has 0 spiro atoms. The maximum atomic E-state index is 12.8. The molecule has 4 rings (SSSR count). The van der Waals surface area contributed by atoms with Crippen LogP contribution in [0.25, 0.3) is 26.8 Å². The number of fused-ring (bicyclic) bond motifs is 2. The fourth-order valence-corrected chi connectivity index (χ4v) is 3.97. The third-order valence-electron chi connectivity index (χ3n) is 3.50. The molecule has 114 valence electrons. The van der Waals surface area contributed by atoms with E-state index in [1.165, 1.54) is 17.5 Å². The first-order valence-corrected chi connectivity index (χ1v) is 8.31. The lowest BCUT2D eigenvalue weighted by Crippen LogP contribution is -2.33. The van der Waals surface area contributed by atoms with E-state index < -0.39 is 5.69 Å². The molecule has 6 nitrogen and oxygen atoms in total. The summed E-state index contributed by atoms with van der Waals surface area (Å²) in [6.07, 6.45) is 3.14. The summed E-state index contributed by atoms with van der Waals surface area (Å²) in [6, 6.07) is 5.45. The van der Waals surface area contributed by atoms with Crippen LogP contribution in [0.2, 0.25) is 0 Å². The van der Waals surface area contributed by atoms with E-state index in [0.29, 0.717) is 21.4 Å². The van der Waals surface area contributed by atoms with E-state index in [2.05, 4.69) is 30.9 Å². The summed E-state index contributed by atoms with van der Waals surface area (Å²) >= 11 is 4.61. The fraction of sp³-hybridized carbons (Fsp3) is 0.0667. The second-order valence-corrected chi connectivity index (χ2v) is 7.48. The second kappa shape index (κ2) is 5.10. The normalized spacial score (nSPS) is 11.4. The number of hydrogen-bond donors (Lipinski definition) is 1. The van der Waals surface area contributed by atoms with Crippen molar-refractivity contribution in [2.24, 2.45) is 0 Å². The number of aromatic amines is 1. The number of rotatable bonds is 1. The summed E-state index contributed by atoms with van der Waals surface area (Å²) in [6.45, 7) is 1.86. The molecule has 0 aromatic carbocycles. The van der Waals surface area contributed by atoms with E-state index in [0.717, 1.165) is 19.4 Å². The summed E-state index contributed by atoms with van der Waals surface area (Å²) in [4.78, 5) is 36.5. The predicted octanol–water partition coefficient (Wildman–Crippen LogP) is 2.75. The lowest BCUT2D eigenvalue weighted by molar-refractivity contribution is 0.902. The highest BCUT2D eigenvalue weighted by Crippen LogP contribution is 2.25. The summed E-state index contributed by atoms with van der Waals surface area (Å²) in [5, 5.41) is 0.770. The van der Waals surface area contributed by atoms with Crippen molar-refractivity contribution in [3.63, 3.8) is 0 Å². The van der Waals surface area contributed by atoms with Gasteiger partial charge < -0.3 is 4.98 Å². The smallest absolute Gasteiger partial charge is 0.305 e. The van der Waals surface area contributed by atoms with Crippen LogP contribution >= 0.6 is 27.3 Å². The minimum Gasteiger partial charge on any atom is -0.305 e. The van der Waals surface area contributed by atoms with Gasteiger partial charge in [-0.1, -0.05) is 0 Å². The number of pyridine rings is 2. The van der Waals surface area contributed by atoms with Crippen molar-refractivity contribution in [2.75, 3.05) is 0 Å². The first kappa shape index (κ1) is 14.3. The van der Waals surface area contributed by atoms with Gasteiger partial charge in [0.2, 0.25) is 0 Å². The molecule has 0 unspecified atom stereocenters. The Bertz CT molecular complexity index is 1190. The number of aromatic nitrogens is 4. The monoisotopic (exact) mass is 388 g/mol. The number of nitrogens with one attached hydrogen (secondary N) is 1. The third-order valence-corrected chi connectivity index (χ3v) is 5.13. The number of thiophene rings is 1. The molecular formula is C15H9BrN4O2S. The van der Waals surface area contributed by atoms with Gasteiger partial charge in [-0.05, 0) is 41.1 Å². The van der Waals surface area contributed by atoms with Gasteiger partial charge in [-0.15, -0.1) is 11.3 Å². The van der Waals surface area contributed by atoms with Crippen LogP contribution in [0, 0.1) is 6.92 Å². The largest absolute Gasteiger partial charge is 0.333 e. The van der Waals surface area contributed by atoms with Gasteiger partial charge in [0.1, 0.15) is 4.70 Å². The van der Waals surface area contributed by atoms with Gasteiger partial charge in [-0.3, -0.25) is 14.8 Å². The van der Waals surface area contributed by atoms with Gasteiger partial charge in [-0.25, -0.2) is 9.36 Å². The molecule has 0 fully saturated rings. The average Bonchev–Trinajstić information content (AvgIpc) is 2.88. The Morgan fingerprint density at radius 1 is 1.26 bits per heavy atom. The van der Waals surface area contributed by atoms with E-state index >= 15 is 0 Å². The number of nitrogens with zero attached hydrogens (tertiary/aromatic N) is 3. The Kier molecular flexibility index (Phi) is 3.17. The molecule has 0 aliphatic heterocycles. The summed E-state index contributed by atoms with van der Waals surface area (Å²) < 4.78 is 2.34. The third kappa shape index (κ3) is 2.22. The quantitative estimate of drug-likeness (QED) is 0.543. The molecule has 4 aromatic heterocycles. The second-order valence-electron chi connectivity index (χ2n) is 5.05. The number of aryl methyl sites for hydroxylation is 1. The highest BCUT2D eigenvalue weighted by Gasteiger charge is 2.15. The lowest BCUT2D eigenvalue weighted by Gasteiger charge is -2.08. The van der Waals surface area contributed by atoms with Crippen LogP contribution in [0.4, 0.5) is 0 Å². The highest BCUT2D eigenvalue weighted by molar-refractivity contribution is 9.11. The van der Waals surface area contributed by atoms with Gasteiger partial charge in [-0.2, -0.15) is 0 Å². The average molecular weight is 389 g/mol. The lowest BCUT2D eigenvalue weighted by atomic mass is 10.2. The zero-order valence-corrected chi connectivity index (χ0v) is 14.2. The summed E-state index contributed by atoms with van der Waals surface area (Å²) in [5.74, 6) is 0. The molecule has 0 saturated carbocycles. The fourth-order valence-electron chi connectivity index (χ4n) is 2.49. The molecule has 4 heterocycles. The molecule has 4 aromatic rings. The van der Waals surface area contributed by atoms with E-state index in [1.54, 1.807) is 12.3 Å². The van der Waals surface area contributed by atoms with Crippen LogP contribution in [0.1, 0.15) is 5.69 Å². The minimum atomic E-state index is -0.509. The standard InChI is InChI=1S/C15H9BrN4O2S/c1-7-2-3-8-5-17-6-10(12(8)18-7)20-14(21)13-9(19-15(20)22)4-11(16)23-13/h2-6H,1H3,(H,19,22). The number of hydrogen-bond acceptors (Lipinski definition) is 5. The first-order chi connectivity index (χ1) is 11.0. The Balaban J connectivity index is 2.17. The van der Waals surface area contributed by atoms with Crippen molar-refractivity contribution in [1.29, 1.82) is 0 Å². The molecule has 0 atom stereocenters. The zero-order chi connectivity index (χ0) is 16.1. The number of halogens is 1. The van der Waals surface area contributed by atoms with Crippen molar-refractivity contribution in [3.05, 3.63) is 60.9 Å². The molecule has 0 saturated heterocycles. The van der Waals surface area contributed by atoms with Crippen LogP contribution < -0.4 is 11.2 Å². The van der Waals surface area contributed by atoms with E-state index in [-0.39, 0.29) is 5.56 Å². The molecule has 23 heavy (non-hydrogen) atoms. The van der Waals surface area contributed by atoms with E-state index in [4.69, 9.17) is 0 Å². The van der Waals surface area contributed by atoms with Gasteiger partial charge >= 0.3 is 5.69 Å². The van der Waals surface area contributed by atoms with Gasteiger partial charge in [0.15, 0.2) is 0 Å². The van der Waals surface area contributed by atoms with E-state index in [1.807, 2.05) is 19.1 Å². The van der Waals surface area contributed by atoms with Gasteiger partial charge in [0, 0.05) is 17.3 Å². The minimum absolute atomic E-state index is 0.378. The number of H-pyrrole nitrogens is 1. The molecule has 1 N–H and O–H groups in total. The van der Waals surface area contributed by atoms with Crippen LogP contribution in [0.15, 0.2) is 44.0 Å². The zero-order valence-electron chi connectivity index (χ0n) is 11.8. The Morgan fingerprint density at radius 3 is 2.91 bits per heavy atom. The Labute approximate surface area is 141 Å². The van der Waals surface area contributed by atoms with Crippen molar-refractivity contribution >= 4 is 48.4 Å². The first-order valence-electron chi connectivity index (χ1n) is 6.71. The molecule has 0 radical (unpaired) electrons. The molecule has 0 amide bonds. The topological polar surface area (TPSA) is 80.6 Å². The van der Waals surface area contributed by atoms with Crippen molar-refractivity contribution in [2.45, 2.75) is 6.92 Å². The van der Waals surface area contributed by atoms with Crippen LogP contribution in [-0.4, -0.2) is 19.5 Å². The van der Waals surface area contributed by atoms with E-state index in [9.17, 15) is 9.59 Å². The SMILES string of the molecule is Cc1ccc2cncc(-n3c(=O)[nH]c4cc(Br)sc4c3=O)c2n1. The molecular weight excluding hydrogens is 380 g/mol. The predicted molar refractivity (Wildman–Crippen MR) is 93.6 cm³/mol. The Morgan fingerprint density at radius 2 is 2.09 bits per heavy atom. The van der Waals surface area contributed by atoms with Crippen LogP contribution in [-0.2, 0) is 0 Å². The maximum absolute atomic E-state index is 12.8. The molecule has 0 aliphatic rings. The summed E-state index contributed by atoms with van der Waals surface area (Å²) in [7, 11) is 0. The van der Waals surface area contributed by atoms with Gasteiger partial charge in [0.25, 0.3) is 5.56 Å². The highest BCUT2D eigenvalue weighted by atomic mass is 79.9. The molecule has 8 heteroatoms. The van der Waals surface area contributed by atoms with Crippen LogP contribution in [0.3, 0.4) is 0 Å².